The van der Waals surface area contributed by atoms with Crippen LogP contribution in [0.5, 0.6) is 0 Å². The van der Waals surface area contributed by atoms with Gasteiger partial charge in [0.25, 0.3) is 0 Å². The lowest BCUT2D eigenvalue weighted by atomic mass is 10.1. The molecular weight excluding hydrogens is 316 g/mol. The fourth-order valence-corrected chi connectivity index (χ4v) is 2.74. The second-order valence-corrected chi connectivity index (χ2v) is 5.63. The predicted octanol–water partition coefficient (Wildman–Crippen LogP) is 4.40. The van der Waals surface area contributed by atoms with Gasteiger partial charge in [-0.15, -0.1) is 0 Å². The molecule has 0 spiro atoms. The first kappa shape index (κ1) is 16.6. The minimum Gasteiger partial charge on any atom is -0.460 e. The lowest BCUT2D eigenvalue weighted by Crippen LogP contribution is -2.09. The highest BCUT2D eigenvalue weighted by Crippen LogP contribution is 2.29. The molecule has 1 N–H and O–H groups in total. The molecule has 126 valence electrons. The van der Waals surface area contributed by atoms with E-state index in [1.165, 1.54) is 0 Å². The average Bonchev–Trinajstić information content (AvgIpc) is 3.00. The summed E-state index contributed by atoms with van der Waals surface area (Å²) in [6.07, 6.45) is 0. The summed E-state index contributed by atoms with van der Waals surface area (Å²) in [5.41, 5.74) is 3.77. The molecule has 1 aromatic heterocycles. The monoisotopic (exact) mass is 334 g/mol. The SMILES string of the molecule is CCOC(=O)c1oc2c(C)cccc2c1CNc1cccc(C#N)c1. The maximum atomic E-state index is 12.3. The molecule has 0 unspecified atom stereocenters. The molecule has 0 saturated heterocycles. The summed E-state index contributed by atoms with van der Waals surface area (Å²) in [6, 6.07) is 15.1. The van der Waals surface area contributed by atoms with Gasteiger partial charge in [0.1, 0.15) is 5.58 Å². The molecule has 3 aromatic rings. The number of esters is 1. The Labute approximate surface area is 145 Å². The third-order valence-electron chi connectivity index (χ3n) is 3.94. The molecule has 0 atom stereocenters. The smallest absolute Gasteiger partial charge is 0.374 e. The topological polar surface area (TPSA) is 75.3 Å². The van der Waals surface area contributed by atoms with Crippen molar-refractivity contribution in [2.45, 2.75) is 20.4 Å². The number of nitriles is 1. The second-order valence-electron chi connectivity index (χ2n) is 5.63. The van der Waals surface area contributed by atoms with Crippen molar-refractivity contribution in [1.82, 2.24) is 0 Å². The van der Waals surface area contributed by atoms with Crippen molar-refractivity contribution in [3.8, 4) is 6.07 Å². The highest BCUT2D eigenvalue weighted by molar-refractivity contribution is 5.97. The van der Waals surface area contributed by atoms with Crippen LogP contribution in [0.3, 0.4) is 0 Å². The summed E-state index contributed by atoms with van der Waals surface area (Å²) < 4.78 is 10.9. The molecule has 25 heavy (non-hydrogen) atoms. The van der Waals surface area contributed by atoms with Crippen LogP contribution in [0.15, 0.2) is 46.9 Å². The number of hydrogen-bond acceptors (Lipinski definition) is 5. The van der Waals surface area contributed by atoms with Gasteiger partial charge < -0.3 is 14.5 Å². The summed E-state index contributed by atoms with van der Waals surface area (Å²) in [4.78, 5) is 12.3. The zero-order valence-electron chi connectivity index (χ0n) is 14.1. The zero-order valence-corrected chi connectivity index (χ0v) is 14.1. The predicted molar refractivity (Wildman–Crippen MR) is 95.4 cm³/mol. The summed E-state index contributed by atoms with van der Waals surface area (Å²) in [6.45, 7) is 4.37. The molecule has 0 amide bonds. The van der Waals surface area contributed by atoms with Crippen LogP contribution < -0.4 is 5.32 Å². The molecule has 5 heteroatoms. The number of benzene rings is 2. The van der Waals surface area contributed by atoms with Crippen LogP contribution in [0.25, 0.3) is 11.0 Å². The number of nitrogens with zero attached hydrogens (tertiary/aromatic N) is 1. The maximum Gasteiger partial charge on any atom is 0.374 e. The Kier molecular flexibility index (Phi) is 4.71. The molecule has 0 saturated carbocycles. The number of ether oxygens (including phenoxy) is 1. The fourth-order valence-electron chi connectivity index (χ4n) is 2.74. The van der Waals surface area contributed by atoms with Crippen LogP contribution >= 0.6 is 0 Å². The van der Waals surface area contributed by atoms with Crippen molar-refractivity contribution < 1.29 is 13.9 Å². The normalized spacial score (nSPS) is 10.4. The quantitative estimate of drug-likeness (QED) is 0.700. The van der Waals surface area contributed by atoms with Crippen molar-refractivity contribution in [1.29, 1.82) is 5.26 Å². The van der Waals surface area contributed by atoms with Gasteiger partial charge in [0.05, 0.1) is 18.2 Å². The number of aryl methyl sites for hydroxylation is 1. The molecule has 0 fully saturated rings. The van der Waals surface area contributed by atoms with E-state index in [1.807, 2.05) is 37.3 Å². The van der Waals surface area contributed by atoms with E-state index in [0.717, 1.165) is 22.2 Å². The van der Waals surface area contributed by atoms with E-state index in [1.54, 1.807) is 19.1 Å². The number of para-hydroxylation sites is 1. The number of carbonyl (C=O) groups excluding carboxylic acids is 1. The Morgan fingerprint density at radius 2 is 2.08 bits per heavy atom. The summed E-state index contributed by atoms with van der Waals surface area (Å²) >= 11 is 0. The van der Waals surface area contributed by atoms with Crippen LogP contribution in [0, 0.1) is 18.3 Å². The first-order chi connectivity index (χ1) is 12.1. The fraction of sp³-hybridized carbons (Fsp3) is 0.200. The third-order valence-corrected chi connectivity index (χ3v) is 3.94. The van der Waals surface area contributed by atoms with Gasteiger partial charge in [-0.05, 0) is 37.6 Å². The van der Waals surface area contributed by atoms with Crippen molar-refractivity contribution in [2.24, 2.45) is 0 Å². The van der Waals surface area contributed by atoms with Crippen molar-refractivity contribution in [2.75, 3.05) is 11.9 Å². The van der Waals surface area contributed by atoms with Gasteiger partial charge in [-0.2, -0.15) is 5.26 Å². The van der Waals surface area contributed by atoms with Gasteiger partial charge in [-0.3, -0.25) is 0 Å². The molecule has 0 bridgehead atoms. The van der Waals surface area contributed by atoms with E-state index >= 15 is 0 Å². The molecule has 1 heterocycles. The van der Waals surface area contributed by atoms with Gasteiger partial charge in [-0.25, -0.2) is 4.79 Å². The maximum absolute atomic E-state index is 12.3. The lowest BCUT2D eigenvalue weighted by Gasteiger charge is -2.07. The number of carbonyl (C=O) groups is 1. The van der Waals surface area contributed by atoms with E-state index in [2.05, 4.69) is 11.4 Å². The second kappa shape index (κ2) is 7.10. The minimum absolute atomic E-state index is 0.218. The minimum atomic E-state index is -0.472. The van der Waals surface area contributed by atoms with Crippen molar-refractivity contribution >= 4 is 22.6 Å². The number of fused-ring (bicyclic) bond motifs is 1. The Balaban J connectivity index is 1.98. The van der Waals surface area contributed by atoms with E-state index < -0.39 is 5.97 Å². The van der Waals surface area contributed by atoms with Crippen LogP contribution in [-0.2, 0) is 11.3 Å². The van der Waals surface area contributed by atoms with E-state index in [-0.39, 0.29) is 12.4 Å². The van der Waals surface area contributed by atoms with Gasteiger partial charge in [0.15, 0.2) is 0 Å². The van der Waals surface area contributed by atoms with Crippen molar-refractivity contribution in [3.63, 3.8) is 0 Å². The molecule has 0 radical (unpaired) electrons. The third kappa shape index (κ3) is 3.33. The Bertz CT molecular complexity index is 967. The zero-order chi connectivity index (χ0) is 17.8. The molecule has 5 nitrogen and oxygen atoms in total. The van der Waals surface area contributed by atoms with Crippen LogP contribution in [0.1, 0.15) is 34.2 Å². The molecule has 0 aliphatic heterocycles. The van der Waals surface area contributed by atoms with Gasteiger partial charge in [0, 0.05) is 23.2 Å². The summed E-state index contributed by atoms with van der Waals surface area (Å²) in [5.74, 6) is -0.254. The standard InChI is InChI=1S/C20H18N2O3/c1-3-24-20(23)19-17(16-9-4-6-13(2)18(16)25-19)12-22-15-8-5-7-14(10-15)11-21/h4-10,22H,3,12H2,1-2H3. The van der Waals surface area contributed by atoms with E-state index in [0.29, 0.717) is 17.7 Å². The largest absolute Gasteiger partial charge is 0.460 e. The highest BCUT2D eigenvalue weighted by atomic mass is 16.5. The number of furan rings is 1. The van der Waals surface area contributed by atoms with E-state index in [4.69, 9.17) is 14.4 Å². The van der Waals surface area contributed by atoms with Gasteiger partial charge in [-0.1, -0.05) is 24.3 Å². The summed E-state index contributed by atoms with van der Waals surface area (Å²) in [7, 11) is 0. The lowest BCUT2D eigenvalue weighted by molar-refractivity contribution is 0.0491. The Hall–Kier alpha value is -3.26. The van der Waals surface area contributed by atoms with Crippen LogP contribution in [0.4, 0.5) is 5.69 Å². The first-order valence-electron chi connectivity index (χ1n) is 8.06. The van der Waals surface area contributed by atoms with Crippen LogP contribution in [-0.4, -0.2) is 12.6 Å². The number of nitrogens with one attached hydrogen (secondary N) is 1. The Morgan fingerprint density at radius 1 is 1.28 bits per heavy atom. The Morgan fingerprint density at radius 3 is 2.84 bits per heavy atom. The highest BCUT2D eigenvalue weighted by Gasteiger charge is 2.22. The van der Waals surface area contributed by atoms with Gasteiger partial charge in [0.2, 0.25) is 5.76 Å². The number of anilines is 1. The molecule has 0 aliphatic rings. The molecular formula is C20H18N2O3. The number of hydrogen-bond donors (Lipinski definition) is 1. The van der Waals surface area contributed by atoms with Crippen LogP contribution in [0.2, 0.25) is 0 Å². The van der Waals surface area contributed by atoms with E-state index in [9.17, 15) is 4.79 Å². The molecule has 0 aliphatic carbocycles. The van der Waals surface area contributed by atoms with Gasteiger partial charge >= 0.3 is 5.97 Å². The first-order valence-corrected chi connectivity index (χ1v) is 8.06. The van der Waals surface area contributed by atoms with Crippen molar-refractivity contribution in [3.05, 3.63) is 64.9 Å². The average molecular weight is 334 g/mol. The number of rotatable bonds is 5. The summed E-state index contributed by atoms with van der Waals surface area (Å²) in [5, 5.41) is 13.1. The molecule has 3 rings (SSSR count). The molecule has 2 aromatic carbocycles.